The van der Waals surface area contributed by atoms with Crippen molar-refractivity contribution in [1.82, 2.24) is 0 Å². The normalized spacial score (nSPS) is 23.7. The van der Waals surface area contributed by atoms with Crippen LogP contribution in [0.1, 0.15) is 32.1 Å². The Kier molecular flexibility index (Phi) is 3.01. The maximum absolute atomic E-state index is 12.6. The summed E-state index contributed by atoms with van der Waals surface area (Å²) in [6, 6.07) is 4.57. The number of hydrogen-bond donors (Lipinski definition) is 2. The van der Waals surface area contributed by atoms with Gasteiger partial charge in [0.25, 0.3) is 0 Å². The van der Waals surface area contributed by atoms with Crippen LogP contribution in [0.15, 0.2) is 23.1 Å². The van der Waals surface area contributed by atoms with Crippen molar-refractivity contribution in [3.8, 4) is 0 Å². The number of nitrogen functional groups attached to an aromatic ring is 1. The average molecular weight is 294 g/mol. The smallest absolute Gasteiger partial charge is 0.231 e. The minimum Gasteiger partial charge on any atom is -0.399 e. The van der Waals surface area contributed by atoms with Crippen molar-refractivity contribution in [2.24, 2.45) is 5.41 Å². The van der Waals surface area contributed by atoms with Gasteiger partial charge in [-0.05, 0) is 31.0 Å². The molecule has 108 valence electrons. The summed E-state index contributed by atoms with van der Waals surface area (Å²) in [4.78, 5) is 12.7. The van der Waals surface area contributed by atoms with Gasteiger partial charge in [0.2, 0.25) is 5.91 Å². The molecule has 1 fully saturated rings. The summed E-state index contributed by atoms with van der Waals surface area (Å²) in [6.07, 6.45) is 4.15. The molecule has 1 aliphatic carbocycles. The van der Waals surface area contributed by atoms with E-state index in [-0.39, 0.29) is 16.6 Å². The van der Waals surface area contributed by atoms with Crippen molar-refractivity contribution in [2.75, 3.05) is 16.8 Å². The molecule has 0 bridgehead atoms. The van der Waals surface area contributed by atoms with Gasteiger partial charge < -0.3 is 11.1 Å². The molecule has 3 N–H and O–H groups in total. The fourth-order valence-corrected chi connectivity index (χ4v) is 5.30. The Balaban J connectivity index is 2.12. The number of amides is 1. The average Bonchev–Trinajstić information content (AvgIpc) is 2.45. The van der Waals surface area contributed by atoms with Crippen LogP contribution in [-0.2, 0) is 14.6 Å². The van der Waals surface area contributed by atoms with Gasteiger partial charge in [-0.1, -0.05) is 19.3 Å². The lowest BCUT2D eigenvalue weighted by atomic mass is 9.75. The van der Waals surface area contributed by atoms with E-state index in [4.69, 9.17) is 5.73 Å². The number of anilines is 2. The lowest BCUT2D eigenvalue weighted by Crippen LogP contribution is -2.41. The quantitative estimate of drug-likeness (QED) is 0.716. The van der Waals surface area contributed by atoms with Crippen molar-refractivity contribution in [1.29, 1.82) is 0 Å². The molecule has 1 aromatic rings. The van der Waals surface area contributed by atoms with E-state index in [2.05, 4.69) is 5.32 Å². The van der Waals surface area contributed by atoms with Crippen LogP contribution >= 0.6 is 0 Å². The first-order chi connectivity index (χ1) is 9.43. The summed E-state index contributed by atoms with van der Waals surface area (Å²) in [6.45, 7) is 0. The third-order valence-corrected chi connectivity index (χ3v) is 6.30. The molecule has 6 heteroatoms. The largest absolute Gasteiger partial charge is 0.399 e. The predicted molar refractivity (Wildman–Crippen MR) is 77.1 cm³/mol. The van der Waals surface area contributed by atoms with Gasteiger partial charge in [-0.3, -0.25) is 4.79 Å². The molecule has 1 aliphatic heterocycles. The standard InChI is InChI=1S/C14H18N2O3S/c15-10-4-5-12-11(8-10)16-13(17)14(9-20(12,18)19)6-2-1-3-7-14/h4-5,8H,1-3,6-7,9,15H2,(H,16,17). The van der Waals surface area contributed by atoms with Gasteiger partial charge >= 0.3 is 0 Å². The minimum atomic E-state index is -3.48. The summed E-state index contributed by atoms with van der Waals surface area (Å²) in [7, 11) is -3.48. The van der Waals surface area contributed by atoms with Crippen LogP contribution in [0.25, 0.3) is 0 Å². The molecule has 5 nitrogen and oxygen atoms in total. The van der Waals surface area contributed by atoms with Crippen LogP contribution in [0.4, 0.5) is 11.4 Å². The summed E-state index contributed by atoms with van der Waals surface area (Å²) in [5.41, 5.74) is 5.68. The number of sulfone groups is 1. The third-order valence-electron chi connectivity index (χ3n) is 4.35. The first kappa shape index (κ1) is 13.4. The van der Waals surface area contributed by atoms with E-state index < -0.39 is 15.3 Å². The lowest BCUT2D eigenvalue weighted by Gasteiger charge is -2.33. The van der Waals surface area contributed by atoms with Gasteiger partial charge in [0, 0.05) is 5.69 Å². The second kappa shape index (κ2) is 4.48. The number of hydrogen-bond acceptors (Lipinski definition) is 4. The van der Waals surface area contributed by atoms with Crippen LogP contribution in [0.2, 0.25) is 0 Å². The fraction of sp³-hybridized carbons (Fsp3) is 0.500. The molecule has 0 aromatic heterocycles. The number of benzene rings is 1. The van der Waals surface area contributed by atoms with Crippen molar-refractivity contribution in [2.45, 2.75) is 37.0 Å². The highest BCUT2D eigenvalue weighted by Crippen LogP contribution is 2.43. The summed E-state index contributed by atoms with van der Waals surface area (Å²) in [5.74, 6) is -0.270. The van der Waals surface area contributed by atoms with E-state index in [1.165, 1.54) is 12.1 Å². The van der Waals surface area contributed by atoms with E-state index in [1.54, 1.807) is 6.07 Å². The lowest BCUT2D eigenvalue weighted by molar-refractivity contribution is -0.126. The molecule has 3 rings (SSSR count). The molecule has 0 radical (unpaired) electrons. The Morgan fingerprint density at radius 1 is 1.15 bits per heavy atom. The second-order valence-corrected chi connectivity index (χ2v) is 7.77. The Morgan fingerprint density at radius 2 is 1.85 bits per heavy atom. The van der Waals surface area contributed by atoms with Gasteiger partial charge in [-0.2, -0.15) is 0 Å². The molecular formula is C14H18N2O3S. The Morgan fingerprint density at radius 3 is 2.55 bits per heavy atom. The van der Waals surface area contributed by atoms with Gasteiger partial charge in [0.15, 0.2) is 9.84 Å². The molecular weight excluding hydrogens is 276 g/mol. The molecule has 0 saturated heterocycles. The van der Waals surface area contributed by atoms with Gasteiger partial charge in [-0.25, -0.2) is 8.42 Å². The van der Waals surface area contributed by atoms with Gasteiger partial charge in [0.1, 0.15) is 0 Å². The molecule has 0 atom stereocenters. The first-order valence-electron chi connectivity index (χ1n) is 6.87. The summed E-state index contributed by atoms with van der Waals surface area (Å²) in [5, 5.41) is 2.78. The molecule has 1 amide bonds. The Hall–Kier alpha value is -1.56. The van der Waals surface area contributed by atoms with Crippen molar-refractivity contribution < 1.29 is 13.2 Å². The maximum atomic E-state index is 12.6. The van der Waals surface area contributed by atoms with Crippen LogP contribution in [0, 0.1) is 5.41 Å². The highest BCUT2D eigenvalue weighted by Gasteiger charge is 2.46. The van der Waals surface area contributed by atoms with E-state index in [0.717, 1.165) is 19.3 Å². The van der Waals surface area contributed by atoms with Crippen LogP contribution in [0.3, 0.4) is 0 Å². The molecule has 1 saturated carbocycles. The molecule has 1 aromatic carbocycles. The van der Waals surface area contributed by atoms with Crippen LogP contribution in [0.5, 0.6) is 0 Å². The van der Waals surface area contributed by atoms with Crippen molar-refractivity contribution in [3.05, 3.63) is 18.2 Å². The van der Waals surface area contributed by atoms with Crippen molar-refractivity contribution in [3.63, 3.8) is 0 Å². The number of carbonyl (C=O) groups excluding carboxylic acids is 1. The number of carbonyl (C=O) groups is 1. The molecule has 1 spiro atoms. The Bertz CT molecular complexity index is 661. The van der Waals surface area contributed by atoms with E-state index >= 15 is 0 Å². The molecule has 20 heavy (non-hydrogen) atoms. The number of nitrogens with two attached hydrogens (primary N) is 1. The summed E-state index contributed by atoms with van der Waals surface area (Å²) < 4.78 is 25.2. The highest BCUT2D eigenvalue weighted by molar-refractivity contribution is 7.91. The predicted octanol–water partition coefficient (Wildman–Crippen LogP) is 1.95. The maximum Gasteiger partial charge on any atom is 0.231 e. The van der Waals surface area contributed by atoms with E-state index in [9.17, 15) is 13.2 Å². The highest BCUT2D eigenvalue weighted by atomic mass is 32.2. The number of fused-ring (bicyclic) bond motifs is 1. The summed E-state index contributed by atoms with van der Waals surface area (Å²) >= 11 is 0. The SMILES string of the molecule is Nc1ccc2c(c1)NC(=O)C1(CCCCC1)CS2(=O)=O. The topological polar surface area (TPSA) is 89.3 Å². The molecule has 2 aliphatic rings. The van der Waals surface area contributed by atoms with Crippen LogP contribution in [-0.4, -0.2) is 20.1 Å². The fourth-order valence-electron chi connectivity index (χ4n) is 3.28. The first-order valence-corrected chi connectivity index (χ1v) is 8.52. The van der Waals surface area contributed by atoms with Crippen molar-refractivity contribution >= 4 is 27.1 Å². The molecule has 1 heterocycles. The van der Waals surface area contributed by atoms with Crippen LogP contribution < -0.4 is 11.1 Å². The number of nitrogens with one attached hydrogen (secondary N) is 1. The minimum absolute atomic E-state index is 0.0945. The monoisotopic (exact) mass is 294 g/mol. The third kappa shape index (κ3) is 2.08. The zero-order valence-corrected chi connectivity index (χ0v) is 12.0. The second-order valence-electron chi connectivity index (χ2n) is 5.81. The Labute approximate surface area is 118 Å². The van der Waals surface area contributed by atoms with E-state index in [1.807, 2.05) is 0 Å². The van der Waals surface area contributed by atoms with Gasteiger partial charge in [0.05, 0.1) is 21.8 Å². The number of rotatable bonds is 0. The molecule has 0 unspecified atom stereocenters. The zero-order chi connectivity index (χ0) is 14.4. The zero-order valence-electron chi connectivity index (χ0n) is 11.2. The van der Waals surface area contributed by atoms with E-state index in [0.29, 0.717) is 24.2 Å². The van der Waals surface area contributed by atoms with Gasteiger partial charge in [-0.15, -0.1) is 0 Å².